The second kappa shape index (κ2) is 4.44. The van der Waals surface area contributed by atoms with Crippen LogP contribution < -0.4 is 3.07 Å². The summed E-state index contributed by atoms with van der Waals surface area (Å²) in [6.45, 7) is 0. The van der Waals surface area contributed by atoms with Gasteiger partial charge >= 0.3 is 89.9 Å². The molecule has 0 aromatic heterocycles. The van der Waals surface area contributed by atoms with Crippen LogP contribution in [0.1, 0.15) is 0 Å². The maximum atomic E-state index is 10.4. The van der Waals surface area contributed by atoms with Crippen molar-refractivity contribution in [2.75, 3.05) is 0 Å². The number of aromatic hydroxyl groups is 1. The van der Waals surface area contributed by atoms with E-state index < -0.39 is 25.5 Å². The van der Waals surface area contributed by atoms with Crippen molar-refractivity contribution in [2.45, 2.75) is 0 Å². The first-order valence-corrected chi connectivity index (χ1v) is 19.7. The van der Waals surface area contributed by atoms with Crippen molar-refractivity contribution in [3.8, 4) is 5.75 Å². The molecule has 0 fully saturated rings. The van der Waals surface area contributed by atoms with Gasteiger partial charge < -0.3 is 0 Å². The average molecular weight is 410 g/mol. The Labute approximate surface area is 89.4 Å². The van der Waals surface area contributed by atoms with Crippen LogP contribution in [0, 0.1) is 10.1 Å². The summed E-state index contributed by atoms with van der Waals surface area (Å²) < 4.78 is 0.368. The van der Waals surface area contributed by atoms with Crippen LogP contribution in [0.15, 0.2) is 18.2 Å². The fraction of sp³-hybridized carbons (Fsp3) is 0. The van der Waals surface area contributed by atoms with Crippen molar-refractivity contribution < 1.29 is 30.6 Å². The van der Waals surface area contributed by atoms with Crippen molar-refractivity contribution in [1.29, 1.82) is 0 Å². The molecule has 0 radical (unpaired) electrons. The Bertz CT molecular complexity index is 345. The van der Waals surface area contributed by atoms with Crippen LogP contribution >= 0.6 is 16.5 Å². The molecule has 0 heterocycles. The molecule has 1 rings (SSSR count). The van der Waals surface area contributed by atoms with E-state index in [4.69, 9.17) is 16.5 Å². The van der Waals surface area contributed by atoms with E-state index in [9.17, 15) is 15.2 Å². The Hall–Kier alpha value is -0.0649. The van der Waals surface area contributed by atoms with Crippen molar-refractivity contribution in [2.24, 2.45) is 0 Å². The number of benzene rings is 1. The SMILES string of the molecule is O=[N+]([O-])c1ccc(O)[c]([Hg]([Cl])[Cl])c1. The van der Waals surface area contributed by atoms with E-state index in [1.165, 1.54) is 18.2 Å². The second-order valence-corrected chi connectivity index (χ2v) is 20.0. The van der Waals surface area contributed by atoms with E-state index in [0.29, 0.717) is 3.07 Å². The van der Waals surface area contributed by atoms with E-state index in [2.05, 4.69) is 0 Å². The van der Waals surface area contributed by atoms with E-state index >= 15 is 0 Å². The van der Waals surface area contributed by atoms with Gasteiger partial charge in [0.15, 0.2) is 0 Å². The standard InChI is InChI=1S/C6H4NO3.2ClH.Hg/c8-6-3-1-5(2-4-6)7(9)10;;;/h1-3,8H;2*1H;/q;;;+2/p-2. The van der Waals surface area contributed by atoms with Gasteiger partial charge in [-0.15, -0.1) is 0 Å². The summed E-state index contributed by atoms with van der Waals surface area (Å²) in [7, 11) is 11.4. The van der Waals surface area contributed by atoms with Gasteiger partial charge in [-0.05, 0) is 0 Å². The number of hydrogen-bond donors (Lipinski definition) is 1. The van der Waals surface area contributed by atoms with Gasteiger partial charge in [0.25, 0.3) is 0 Å². The Morgan fingerprint density at radius 1 is 1.46 bits per heavy atom. The fourth-order valence-corrected chi connectivity index (χ4v) is 7.59. The molecule has 7 heteroatoms. The number of phenols is 1. The Morgan fingerprint density at radius 3 is 2.54 bits per heavy atom. The Morgan fingerprint density at radius 2 is 2.08 bits per heavy atom. The van der Waals surface area contributed by atoms with Gasteiger partial charge in [-0.3, -0.25) is 0 Å². The first kappa shape index (κ1) is 11.0. The van der Waals surface area contributed by atoms with E-state index in [1.54, 1.807) is 0 Å². The number of hydrogen-bond acceptors (Lipinski definition) is 3. The third kappa shape index (κ3) is 2.69. The van der Waals surface area contributed by atoms with Crippen LogP contribution in [0.25, 0.3) is 0 Å². The molecular formula is C6H4Cl2HgNO3. The molecule has 0 amide bonds. The molecule has 0 saturated carbocycles. The minimum absolute atomic E-state index is 0.0493. The first-order valence-electron chi connectivity index (χ1n) is 3.44. The number of nitro groups is 1. The van der Waals surface area contributed by atoms with E-state index in [-0.39, 0.29) is 11.4 Å². The van der Waals surface area contributed by atoms with Gasteiger partial charge in [0.1, 0.15) is 0 Å². The maximum absolute atomic E-state index is 10.4. The zero-order valence-electron chi connectivity index (χ0n) is 6.41. The summed E-state index contributed by atoms with van der Waals surface area (Å²) in [5, 5.41) is 19.6. The molecule has 1 aromatic carbocycles. The summed E-state index contributed by atoms with van der Waals surface area (Å²) in [6.07, 6.45) is 0. The molecule has 0 aliphatic rings. The quantitative estimate of drug-likeness (QED) is 0.461. The molecule has 0 aliphatic heterocycles. The third-order valence-corrected chi connectivity index (χ3v) is 11.1. The van der Waals surface area contributed by atoms with Crippen LogP contribution in [0.3, 0.4) is 0 Å². The first-order chi connectivity index (χ1) is 6.02. The summed E-state index contributed by atoms with van der Waals surface area (Å²) in [5.74, 6) is -0.0493. The Kier molecular flexibility index (Phi) is 3.76. The fourth-order valence-electron chi connectivity index (χ4n) is 0.900. The number of nitrogens with zero attached hydrogens (tertiary/aromatic N) is 1. The van der Waals surface area contributed by atoms with Crippen molar-refractivity contribution >= 4 is 25.3 Å². The van der Waals surface area contributed by atoms with Crippen LogP contribution in [-0.4, -0.2) is 10.0 Å². The molecule has 0 aliphatic carbocycles. The number of nitro benzene ring substituents is 1. The second-order valence-electron chi connectivity index (χ2n) is 2.44. The molecule has 13 heavy (non-hydrogen) atoms. The molecule has 1 aromatic rings. The predicted molar refractivity (Wildman–Crippen MR) is 46.1 cm³/mol. The van der Waals surface area contributed by atoms with Crippen molar-refractivity contribution in [1.82, 2.24) is 0 Å². The van der Waals surface area contributed by atoms with Crippen LogP contribution in [-0.2, 0) is 20.6 Å². The van der Waals surface area contributed by atoms with Gasteiger partial charge in [-0.25, -0.2) is 0 Å². The van der Waals surface area contributed by atoms with Crippen LogP contribution in [0.4, 0.5) is 5.69 Å². The van der Waals surface area contributed by atoms with Gasteiger partial charge in [0.2, 0.25) is 0 Å². The normalized spacial score (nSPS) is 9.69. The summed E-state index contributed by atoms with van der Waals surface area (Å²) in [5.41, 5.74) is -0.0957. The summed E-state index contributed by atoms with van der Waals surface area (Å²) in [4.78, 5) is 9.80. The molecular weight excluding hydrogens is 406 g/mol. The number of non-ortho nitro benzene ring substituents is 1. The topological polar surface area (TPSA) is 63.4 Å². The molecule has 0 bridgehead atoms. The van der Waals surface area contributed by atoms with Gasteiger partial charge in [0.05, 0.1) is 0 Å². The minimum atomic E-state index is -3.10. The van der Waals surface area contributed by atoms with E-state index in [0.717, 1.165) is 0 Å². The van der Waals surface area contributed by atoms with Gasteiger partial charge in [-0.2, -0.15) is 0 Å². The molecule has 0 atom stereocenters. The predicted octanol–water partition coefficient (Wildman–Crippen LogP) is 1.85. The Balaban J connectivity index is 3.19. The number of phenolic OH excluding ortho intramolecular Hbond substituents is 1. The third-order valence-electron chi connectivity index (χ3n) is 1.56. The molecule has 0 unspecified atom stereocenters. The molecule has 1 N–H and O–H groups in total. The summed E-state index contributed by atoms with van der Waals surface area (Å²) >= 11 is -3.10. The van der Waals surface area contributed by atoms with E-state index in [1.807, 2.05) is 0 Å². The molecule has 0 spiro atoms. The monoisotopic (exact) mass is 410 g/mol. The number of rotatable bonds is 2. The van der Waals surface area contributed by atoms with Gasteiger partial charge in [0, 0.05) is 0 Å². The summed E-state index contributed by atoms with van der Waals surface area (Å²) in [6, 6.07) is 3.70. The van der Waals surface area contributed by atoms with Crippen LogP contribution in [0.5, 0.6) is 5.75 Å². The zero-order chi connectivity index (χ0) is 10.0. The van der Waals surface area contributed by atoms with Crippen LogP contribution in [0.2, 0.25) is 0 Å². The number of halogens is 2. The van der Waals surface area contributed by atoms with Crippen molar-refractivity contribution in [3.05, 3.63) is 28.3 Å². The molecule has 4 nitrogen and oxygen atoms in total. The zero-order valence-corrected chi connectivity index (χ0v) is 13.4. The average Bonchev–Trinajstić information content (AvgIpc) is 2.04. The molecule has 0 saturated heterocycles. The van der Waals surface area contributed by atoms with Crippen molar-refractivity contribution in [3.63, 3.8) is 0 Å². The van der Waals surface area contributed by atoms with Gasteiger partial charge in [-0.1, -0.05) is 0 Å². The molecule has 67 valence electrons.